The summed E-state index contributed by atoms with van der Waals surface area (Å²) in [7, 11) is 1.63. The van der Waals surface area contributed by atoms with Crippen LogP contribution in [0.1, 0.15) is 12.5 Å². The molecule has 0 spiro atoms. The molecule has 0 saturated carbocycles. The standard InChI is InChI=1S/C11H13N3O/c1-3-7-4-5-9-8(6-7)10(15)14(2)11(12)13-9/h4-6H,3H2,1-2H3,(H2,12,13). The molecule has 0 bridgehead atoms. The van der Waals surface area contributed by atoms with E-state index in [1.54, 1.807) is 7.05 Å². The molecule has 15 heavy (non-hydrogen) atoms. The van der Waals surface area contributed by atoms with Gasteiger partial charge < -0.3 is 5.73 Å². The Hall–Kier alpha value is -1.84. The fourth-order valence-corrected chi connectivity index (χ4v) is 1.56. The summed E-state index contributed by atoms with van der Waals surface area (Å²) in [4.78, 5) is 16.0. The van der Waals surface area contributed by atoms with Gasteiger partial charge in [-0.1, -0.05) is 13.0 Å². The topological polar surface area (TPSA) is 60.9 Å². The highest BCUT2D eigenvalue weighted by atomic mass is 16.1. The van der Waals surface area contributed by atoms with E-state index >= 15 is 0 Å². The molecule has 0 fully saturated rings. The minimum Gasteiger partial charge on any atom is -0.369 e. The van der Waals surface area contributed by atoms with Gasteiger partial charge in [0.05, 0.1) is 10.9 Å². The van der Waals surface area contributed by atoms with Crippen molar-refractivity contribution in [1.82, 2.24) is 9.55 Å². The number of hydrogen-bond acceptors (Lipinski definition) is 3. The van der Waals surface area contributed by atoms with E-state index in [0.717, 1.165) is 12.0 Å². The average Bonchev–Trinajstić information content (AvgIpc) is 2.26. The van der Waals surface area contributed by atoms with Crippen LogP contribution in [0.15, 0.2) is 23.0 Å². The number of aromatic nitrogens is 2. The molecule has 0 saturated heterocycles. The molecule has 78 valence electrons. The van der Waals surface area contributed by atoms with Crippen molar-refractivity contribution < 1.29 is 0 Å². The third kappa shape index (κ3) is 1.48. The number of fused-ring (bicyclic) bond motifs is 1. The largest absolute Gasteiger partial charge is 0.369 e. The molecule has 2 aromatic rings. The monoisotopic (exact) mass is 203 g/mol. The summed E-state index contributed by atoms with van der Waals surface area (Å²) in [5.41, 5.74) is 7.31. The van der Waals surface area contributed by atoms with Crippen molar-refractivity contribution in [3.05, 3.63) is 34.1 Å². The van der Waals surface area contributed by atoms with Gasteiger partial charge in [-0.15, -0.1) is 0 Å². The van der Waals surface area contributed by atoms with Crippen LogP contribution in [0.25, 0.3) is 10.9 Å². The smallest absolute Gasteiger partial charge is 0.262 e. The molecule has 4 heteroatoms. The number of hydrogen-bond donors (Lipinski definition) is 1. The first-order valence-electron chi connectivity index (χ1n) is 4.88. The van der Waals surface area contributed by atoms with Crippen molar-refractivity contribution in [2.75, 3.05) is 5.73 Å². The summed E-state index contributed by atoms with van der Waals surface area (Å²) in [5.74, 6) is 0.247. The molecule has 4 nitrogen and oxygen atoms in total. The van der Waals surface area contributed by atoms with Crippen LogP contribution in [0.3, 0.4) is 0 Å². The maximum atomic E-state index is 11.9. The van der Waals surface area contributed by atoms with Gasteiger partial charge in [0, 0.05) is 7.05 Å². The molecular weight excluding hydrogens is 190 g/mol. The molecule has 0 amide bonds. The van der Waals surface area contributed by atoms with Gasteiger partial charge in [0.2, 0.25) is 5.95 Å². The molecule has 0 aliphatic carbocycles. The van der Waals surface area contributed by atoms with Crippen LogP contribution in [0.4, 0.5) is 5.95 Å². The lowest BCUT2D eigenvalue weighted by Gasteiger charge is -2.05. The molecule has 1 aromatic heterocycles. The Balaban J connectivity index is 2.88. The average molecular weight is 203 g/mol. The van der Waals surface area contributed by atoms with E-state index in [1.165, 1.54) is 4.57 Å². The van der Waals surface area contributed by atoms with Crippen molar-refractivity contribution in [2.45, 2.75) is 13.3 Å². The van der Waals surface area contributed by atoms with E-state index in [0.29, 0.717) is 10.9 Å². The summed E-state index contributed by atoms with van der Waals surface area (Å²) in [6, 6.07) is 5.68. The highest BCUT2D eigenvalue weighted by Crippen LogP contribution is 2.11. The number of nitrogen functional groups attached to an aromatic ring is 1. The van der Waals surface area contributed by atoms with Crippen molar-refractivity contribution in [1.29, 1.82) is 0 Å². The number of nitrogens with zero attached hydrogens (tertiary/aromatic N) is 2. The predicted octanol–water partition coefficient (Wildman–Crippen LogP) is 1.08. The van der Waals surface area contributed by atoms with E-state index in [4.69, 9.17) is 5.73 Å². The molecular formula is C11H13N3O. The molecule has 2 N–H and O–H groups in total. The lowest BCUT2D eigenvalue weighted by Crippen LogP contribution is -2.21. The van der Waals surface area contributed by atoms with Gasteiger partial charge in [-0.2, -0.15) is 0 Å². The summed E-state index contributed by atoms with van der Waals surface area (Å²) < 4.78 is 1.36. The summed E-state index contributed by atoms with van der Waals surface area (Å²) >= 11 is 0. The Kier molecular flexibility index (Phi) is 2.19. The fraction of sp³-hybridized carbons (Fsp3) is 0.273. The maximum Gasteiger partial charge on any atom is 0.262 e. The van der Waals surface area contributed by atoms with Crippen LogP contribution in [-0.4, -0.2) is 9.55 Å². The quantitative estimate of drug-likeness (QED) is 0.754. The van der Waals surface area contributed by atoms with Crippen molar-refractivity contribution in [3.63, 3.8) is 0 Å². The first-order chi connectivity index (χ1) is 7.13. The van der Waals surface area contributed by atoms with Crippen LogP contribution < -0.4 is 11.3 Å². The Morgan fingerprint density at radius 3 is 2.87 bits per heavy atom. The van der Waals surface area contributed by atoms with Gasteiger partial charge in [-0.05, 0) is 24.1 Å². The second-order valence-corrected chi connectivity index (χ2v) is 3.54. The number of rotatable bonds is 1. The Morgan fingerprint density at radius 2 is 2.20 bits per heavy atom. The highest BCUT2D eigenvalue weighted by Gasteiger charge is 2.05. The first-order valence-corrected chi connectivity index (χ1v) is 4.88. The normalized spacial score (nSPS) is 10.8. The number of anilines is 1. The van der Waals surface area contributed by atoms with Crippen molar-refractivity contribution >= 4 is 16.9 Å². The van der Waals surface area contributed by atoms with Crippen LogP contribution >= 0.6 is 0 Å². The Labute approximate surface area is 87.4 Å². The van der Waals surface area contributed by atoms with Crippen LogP contribution in [0.5, 0.6) is 0 Å². The fourth-order valence-electron chi connectivity index (χ4n) is 1.56. The lowest BCUT2D eigenvalue weighted by atomic mass is 10.1. The number of benzene rings is 1. The van der Waals surface area contributed by atoms with Crippen LogP contribution in [-0.2, 0) is 13.5 Å². The predicted molar refractivity (Wildman–Crippen MR) is 60.8 cm³/mol. The first kappa shape index (κ1) is 9.71. The Morgan fingerprint density at radius 1 is 1.47 bits per heavy atom. The van der Waals surface area contributed by atoms with E-state index in [2.05, 4.69) is 11.9 Å². The minimum atomic E-state index is -0.0900. The van der Waals surface area contributed by atoms with Gasteiger partial charge in [-0.25, -0.2) is 4.98 Å². The van der Waals surface area contributed by atoms with Crippen LogP contribution in [0.2, 0.25) is 0 Å². The van der Waals surface area contributed by atoms with E-state index in [-0.39, 0.29) is 11.5 Å². The van der Waals surface area contributed by atoms with Crippen molar-refractivity contribution in [3.8, 4) is 0 Å². The number of aryl methyl sites for hydroxylation is 1. The summed E-state index contributed by atoms with van der Waals surface area (Å²) in [6.07, 6.45) is 0.906. The summed E-state index contributed by atoms with van der Waals surface area (Å²) in [5, 5.41) is 0.631. The highest BCUT2D eigenvalue weighted by molar-refractivity contribution is 5.79. The Bertz CT molecular complexity index is 572. The zero-order valence-electron chi connectivity index (χ0n) is 8.82. The molecule has 1 heterocycles. The maximum absolute atomic E-state index is 11.9. The van der Waals surface area contributed by atoms with E-state index in [1.807, 2.05) is 18.2 Å². The zero-order valence-corrected chi connectivity index (χ0v) is 8.82. The molecule has 0 atom stereocenters. The van der Waals surface area contributed by atoms with Gasteiger partial charge >= 0.3 is 0 Å². The SMILES string of the molecule is CCc1ccc2nc(N)n(C)c(=O)c2c1. The van der Waals surface area contributed by atoms with E-state index < -0.39 is 0 Å². The number of nitrogens with two attached hydrogens (primary N) is 1. The third-order valence-corrected chi connectivity index (χ3v) is 2.58. The second-order valence-electron chi connectivity index (χ2n) is 3.54. The van der Waals surface area contributed by atoms with Gasteiger partial charge in [0.25, 0.3) is 5.56 Å². The third-order valence-electron chi connectivity index (χ3n) is 2.58. The molecule has 2 rings (SSSR count). The lowest BCUT2D eigenvalue weighted by molar-refractivity contribution is 0.861. The molecule has 0 radical (unpaired) electrons. The zero-order chi connectivity index (χ0) is 11.0. The second kappa shape index (κ2) is 3.38. The van der Waals surface area contributed by atoms with Gasteiger partial charge in [-0.3, -0.25) is 9.36 Å². The molecule has 1 aromatic carbocycles. The molecule has 0 unspecified atom stereocenters. The molecule has 0 aliphatic heterocycles. The van der Waals surface area contributed by atoms with Gasteiger partial charge in [0.1, 0.15) is 0 Å². The van der Waals surface area contributed by atoms with Crippen LogP contribution in [0, 0.1) is 0 Å². The van der Waals surface area contributed by atoms with Gasteiger partial charge in [0.15, 0.2) is 0 Å². The molecule has 0 aliphatic rings. The minimum absolute atomic E-state index is 0.0900. The summed E-state index contributed by atoms with van der Waals surface area (Å²) in [6.45, 7) is 2.05. The van der Waals surface area contributed by atoms with E-state index in [9.17, 15) is 4.79 Å². The van der Waals surface area contributed by atoms with Crippen molar-refractivity contribution in [2.24, 2.45) is 7.05 Å².